The van der Waals surface area contributed by atoms with Crippen LogP contribution in [0.3, 0.4) is 0 Å². The summed E-state index contributed by atoms with van der Waals surface area (Å²) in [6.45, 7) is 0. The lowest BCUT2D eigenvalue weighted by molar-refractivity contribution is 0.103. The molecule has 0 fully saturated rings. The zero-order chi connectivity index (χ0) is 19.2. The summed E-state index contributed by atoms with van der Waals surface area (Å²) in [4.78, 5) is 17.6. The summed E-state index contributed by atoms with van der Waals surface area (Å²) in [5, 5.41) is 0. The van der Waals surface area contributed by atoms with E-state index >= 15 is 0 Å². The number of carbonyl (C=O) groups is 1. The van der Waals surface area contributed by atoms with Crippen molar-refractivity contribution in [3.05, 3.63) is 120 Å². The van der Waals surface area contributed by atoms with E-state index in [4.69, 9.17) is 0 Å². The van der Waals surface area contributed by atoms with Crippen molar-refractivity contribution in [2.24, 2.45) is 0 Å². The molecular formula is C25H18OS2. The van der Waals surface area contributed by atoms with Crippen molar-refractivity contribution >= 4 is 29.3 Å². The second kappa shape index (κ2) is 8.96. The fraction of sp³-hybridized carbons (Fsp3) is 0. The van der Waals surface area contributed by atoms with Crippen LogP contribution in [0.2, 0.25) is 0 Å². The third kappa shape index (κ3) is 4.38. The second-order valence-corrected chi connectivity index (χ2v) is 8.38. The monoisotopic (exact) mass is 398 g/mol. The summed E-state index contributed by atoms with van der Waals surface area (Å²) in [6, 6.07) is 36.0. The molecule has 136 valence electrons. The van der Waals surface area contributed by atoms with E-state index < -0.39 is 0 Å². The largest absolute Gasteiger partial charge is 0.289 e. The predicted molar refractivity (Wildman–Crippen MR) is 117 cm³/mol. The lowest BCUT2D eigenvalue weighted by Gasteiger charge is -2.11. The molecule has 0 saturated carbocycles. The van der Waals surface area contributed by atoms with Gasteiger partial charge in [0.15, 0.2) is 5.78 Å². The first kappa shape index (κ1) is 18.6. The minimum Gasteiger partial charge on any atom is -0.289 e. The highest BCUT2D eigenvalue weighted by Crippen LogP contribution is 2.35. The number of ketones is 1. The van der Waals surface area contributed by atoms with Crippen LogP contribution in [0.25, 0.3) is 0 Å². The van der Waals surface area contributed by atoms with Crippen LogP contribution in [0.5, 0.6) is 0 Å². The van der Waals surface area contributed by atoms with Crippen molar-refractivity contribution < 1.29 is 4.79 Å². The molecule has 0 aromatic heterocycles. The van der Waals surface area contributed by atoms with Crippen LogP contribution >= 0.6 is 23.5 Å². The Hall–Kier alpha value is -2.75. The lowest BCUT2D eigenvalue weighted by Crippen LogP contribution is -2.04. The average Bonchev–Trinajstić information content (AvgIpc) is 2.76. The first-order chi connectivity index (χ1) is 13.8. The molecule has 0 bridgehead atoms. The molecule has 0 heterocycles. The number of hydrogen-bond donors (Lipinski definition) is 0. The highest BCUT2D eigenvalue weighted by Gasteiger charge is 2.17. The Balaban J connectivity index is 1.67. The van der Waals surface area contributed by atoms with E-state index in [2.05, 4.69) is 24.3 Å². The van der Waals surface area contributed by atoms with Gasteiger partial charge in [0.1, 0.15) is 0 Å². The molecule has 4 aromatic carbocycles. The number of benzene rings is 4. The molecule has 0 aliphatic carbocycles. The van der Waals surface area contributed by atoms with Gasteiger partial charge in [0, 0.05) is 30.7 Å². The summed E-state index contributed by atoms with van der Waals surface area (Å²) in [5.74, 6) is 0.0538. The first-order valence-corrected chi connectivity index (χ1v) is 10.6. The van der Waals surface area contributed by atoms with E-state index in [1.165, 1.54) is 0 Å². The smallest absolute Gasteiger partial charge is 0.195 e. The van der Waals surface area contributed by atoms with Gasteiger partial charge < -0.3 is 0 Å². The molecule has 0 unspecified atom stereocenters. The van der Waals surface area contributed by atoms with Gasteiger partial charge in [-0.05, 0) is 48.5 Å². The van der Waals surface area contributed by atoms with Crippen LogP contribution in [-0.2, 0) is 0 Å². The normalized spacial score (nSPS) is 10.6. The Labute approximate surface area is 173 Å². The van der Waals surface area contributed by atoms with E-state index in [9.17, 15) is 4.79 Å². The molecule has 0 N–H and O–H groups in total. The van der Waals surface area contributed by atoms with Crippen molar-refractivity contribution in [3.8, 4) is 0 Å². The van der Waals surface area contributed by atoms with Gasteiger partial charge in [-0.15, -0.1) is 0 Å². The number of carbonyl (C=O) groups excluding carboxylic acids is 1. The molecule has 28 heavy (non-hydrogen) atoms. The number of rotatable bonds is 6. The van der Waals surface area contributed by atoms with Crippen molar-refractivity contribution in [2.75, 3.05) is 0 Å². The van der Waals surface area contributed by atoms with E-state index in [0.29, 0.717) is 0 Å². The molecule has 1 nitrogen and oxygen atoms in total. The summed E-state index contributed by atoms with van der Waals surface area (Å²) < 4.78 is 0. The van der Waals surface area contributed by atoms with E-state index in [1.54, 1.807) is 23.5 Å². The maximum atomic E-state index is 13.4. The number of hydrogen-bond acceptors (Lipinski definition) is 3. The predicted octanol–water partition coefficient (Wildman–Crippen LogP) is 7.22. The average molecular weight is 399 g/mol. The van der Waals surface area contributed by atoms with Crippen LogP contribution in [0.1, 0.15) is 15.9 Å². The second-order valence-electron chi connectivity index (χ2n) is 6.15. The van der Waals surface area contributed by atoms with Gasteiger partial charge in [-0.1, -0.05) is 84.2 Å². The van der Waals surface area contributed by atoms with E-state index in [-0.39, 0.29) is 5.78 Å². The molecule has 0 amide bonds. The van der Waals surface area contributed by atoms with E-state index in [1.807, 2.05) is 84.9 Å². The van der Waals surface area contributed by atoms with Crippen LogP contribution < -0.4 is 0 Å². The molecule has 0 aliphatic rings. The van der Waals surface area contributed by atoms with E-state index in [0.717, 1.165) is 30.7 Å². The molecule has 0 spiro atoms. The summed E-state index contributed by atoms with van der Waals surface area (Å²) >= 11 is 3.24. The fourth-order valence-electron chi connectivity index (χ4n) is 2.86. The van der Waals surface area contributed by atoms with Gasteiger partial charge >= 0.3 is 0 Å². The van der Waals surface area contributed by atoms with Gasteiger partial charge in [0.25, 0.3) is 0 Å². The molecule has 4 rings (SSSR count). The summed E-state index contributed by atoms with van der Waals surface area (Å²) in [7, 11) is 0. The Bertz CT molecular complexity index is 989. The third-order valence-electron chi connectivity index (χ3n) is 4.21. The molecular weight excluding hydrogens is 380 g/mol. The Morgan fingerprint density at radius 2 is 0.821 bits per heavy atom. The van der Waals surface area contributed by atoms with Crippen molar-refractivity contribution in [3.63, 3.8) is 0 Å². The summed E-state index contributed by atoms with van der Waals surface area (Å²) in [5.41, 5.74) is 1.47. The highest BCUT2D eigenvalue weighted by atomic mass is 32.2. The molecule has 0 saturated heterocycles. The molecule has 0 radical (unpaired) electrons. The topological polar surface area (TPSA) is 17.1 Å². The molecule has 0 atom stereocenters. The van der Waals surface area contributed by atoms with Crippen molar-refractivity contribution in [2.45, 2.75) is 19.6 Å². The van der Waals surface area contributed by atoms with Crippen molar-refractivity contribution in [1.29, 1.82) is 0 Å². The quantitative estimate of drug-likeness (QED) is 0.319. The van der Waals surface area contributed by atoms with Gasteiger partial charge in [-0.3, -0.25) is 4.79 Å². The minimum atomic E-state index is 0.0538. The summed E-state index contributed by atoms with van der Waals surface area (Å²) in [6.07, 6.45) is 0. The SMILES string of the molecule is O=C(c1ccccc1Sc1ccccc1)c1ccccc1Sc1ccccc1. The Morgan fingerprint density at radius 1 is 0.464 bits per heavy atom. The van der Waals surface area contributed by atoms with Gasteiger partial charge in [0.05, 0.1) is 0 Å². The first-order valence-electron chi connectivity index (χ1n) is 9.00. The van der Waals surface area contributed by atoms with Gasteiger partial charge in [0.2, 0.25) is 0 Å². The standard InChI is InChI=1S/C25H18OS2/c26-25(21-15-7-9-17-23(21)27-19-11-3-1-4-12-19)22-16-8-10-18-24(22)28-20-13-5-2-6-14-20/h1-18H. The van der Waals surface area contributed by atoms with Crippen LogP contribution in [0.4, 0.5) is 0 Å². The molecule has 0 aliphatic heterocycles. The fourth-order valence-corrected chi connectivity index (χ4v) is 4.79. The minimum absolute atomic E-state index is 0.0538. The van der Waals surface area contributed by atoms with Gasteiger partial charge in [-0.2, -0.15) is 0 Å². The third-order valence-corrected chi connectivity index (χ3v) is 6.37. The van der Waals surface area contributed by atoms with Crippen molar-refractivity contribution in [1.82, 2.24) is 0 Å². The Kier molecular flexibility index (Phi) is 5.95. The lowest BCUT2D eigenvalue weighted by atomic mass is 10.0. The highest BCUT2D eigenvalue weighted by molar-refractivity contribution is 7.99. The Morgan fingerprint density at radius 3 is 1.25 bits per heavy atom. The van der Waals surface area contributed by atoms with Gasteiger partial charge in [-0.25, -0.2) is 0 Å². The zero-order valence-electron chi connectivity index (χ0n) is 15.1. The molecule has 4 aromatic rings. The maximum Gasteiger partial charge on any atom is 0.195 e. The maximum absolute atomic E-state index is 13.4. The zero-order valence-corrected chi connectivity index (χ0v) is 16.8. The van der Waals surface area contributed by atoms with Crippen LogP contribution in [0.15, 0.2) is 129 Å². The molecule has 3 heteroatoms. The van der Waals surface area contributed by atoms with Crippen LogP contribution in [-0.4, -0.2) is 5.78 Å². The van der Waals surface area contributed by atoms with Crippen LogP contribution in [0, 0.1) is 0 Å².